The minimum absolute atomic E-state index is 0.130. The van der Waals surface area contributed by atoms with Crippen LogP contribution in [-0.4, -0.2) is 11.7 Å². The van der Waals surface area contributed by atoms with E-state index in [4.69, 9.17) is 46.4 Å². The van der Waals surface area contributed by atoms with Gasteiger partial charge in [-0.2, -0.15) is 0 Å². The van der Waals surface area contributed by atoms with E-state index in [0.717, 1.165) is 5.56 Å². The molecule has 0 unspecified atom stereocenters. The fourth-order valence-corrected chi connectivity index (χ4v) is 3.22. The van der Waals surface area contributed by atoms with Gasteiger partial charge in [0.25, 0.3) is 0 Å². The van der Waals surface area contributed by atoms with Crippen molar-refractivity contribution in [1.29, 1.82) is 0 Å². The summed E-state index contributed by atoms with van der Waals surface area (Å²) in [5.41, 5.74) is 1.56. The molecule has 0 aliphatic carbocycles. The van der Waals surface area contributed by atoms with Crippen molar-refractivity contribution in [3.8, 4) is 0 Å². The van der Waals surface area contributed by atoms with Crippen LogP contribution in [0.5, 0.6) is 0 Å². The monoisotopic (exact) mass is 393 g/mol. The molecule has 0 atom stereocenters. The Kier molecular flexibility index (Phi) is 6.72. The number of hydrogen-bond acceptors (Lipinski definition) is 2. The van der Waals surface area contributed by atoms with Crippen LogP contribution in [-0.2, 0) is 10.5 Å². The maximum Gasteiger partial charge on any atom is 0.234 e. The predicted octanol–water partition coefficient (Wildman–Crippen LogP) is 6.17. The SMILES string of the molecule is O=C(CSCc1ccc(Cl)c(Cl)c1)Nc1ccc(Cl)cc1Cl. The van der Waals surface area contributed by atoms with Crippen molar-refractivity contribution < 1.29 is 4.79 Å². The first kappa shape index (κ1) is 17.8. The standard InChI is InChI=1S/C15H11Cl4NOS/c16-10-2-4-14(13(19)6-10)20-15(21)8-22-7-9-1-3-11(17)12(18)5-9/h1-6H,7-8H2,(H,20,21). The molecule has 2 aromatic carbocycles. The van der Waals surface area contributed by atoms with Crippen LogP contribution < -0.4 is 5.32 Å². The molecular formula is C15H11Cl4NOS. The molecule has 1 N–H and O–H groups in total. The fraction of sp³-hybridized carbons (Fsp3) is 0.133. The van der Waals surface area contributed by atoms with E-state index in [0.29, 0.717) is 37.3 Å². The third-order valence-corrected chi connectivity index (χ3v) is 4.98. The quantitative estimate of drug-likeness (QED) is 0.656. The molecule has 116 valence electrons. The molecule has 0 aliphatic heterocycles. The lowest BCUT2D eigenvalue weighted by atomic mass is 10.2. The van der Waals surface area contributed by atoms with E-state index in [-0.39, 0.29) is 5.91 Å². The zero-order chi connectivity index (χ0) is 16.1. The summed E-state index contributed by atoms with van der Waals surface area (Å²) in [6, 6.07) is 10.4. The maximum atomic E-state index is 11.9. The normalized spacial score (nSPS) is 10.5. The number of anilines is 1. The molecule has 0 radical (unpaired) electrons. The van der Waals surface area contributed by atoms with Gasteiger partial charge < -0.3 is 5.32 Å². The number of carbonyl (C=O) groups excluding carboxylic acids is 1. The van der Waals surface area contributed by atoms with Gasteiger partial charge in [-0.15, -0.1) is 11.8 Å². The number of nitrogens with one attached hydrogen (secondary N) is 1. The van der Waals surface area contributed by atoms with Crippen molar-refractivity contribution in [2.45, 2.75) is 5.75 Å². The summed E-state index contributed by atoms with van der Waals surface area (Å²) in [7, 11) is 0. The summed E-state index contributed by atoms with van der Waals surface area (Å²) in [6.07, 6.45) is 0. The molecule has 0 heterocycles. The van der Waals surface area contributed by atoms with Crippen LogP contribution in [0.25, 0.3) is 0 Å². The van der Waals surface area contributed by atoms with E-state index in [1.165, 1.54) is 11.8 Å². The van der Waals surface area contributed by atoms with Gasteiger partial charge >= 0.3 is 0 Å². The lowest BCUT2D eigenvalue weighted by Crippen LogP contribution is -2.14. The Morgan fingerprint density at radius 1 is 0.955 bits per heavy atom. The topological polar surface area (TPSA) is 29.1 Å². The molecule has 2 aromatic rings. The number of benzene rings is 2. The van der Waals surface area contributed by atoms with Crippen LogP contribution in [0.1, 0.15) is 5.56 Å². The summed E-state index contributed by atoms with van der Waals surface area (Å²) in [6.45, 7) is 0. The van der Waals surface area contributed by atoms with Gasteiger partial charge in [-0.1, -0.05) is 52.5 Å². The molecule has 2 nitrogen and oxygen atoms in total. The summed E-state index contributed by atoms with van der Waals surface area (Å²) >= 11 is 25.1. The second-order valence-electron chi connectivity index (χ2n) is 4.41. The smallest absolute Gasteiger partial charge is 0.234 e. The summed E-state index contributed by atoms with van der Waals surface area (Å²) < 4.78 is 0. The summed E-state index contributed by atoms with van der Waals surface area (Å²) in [5, 5.41) is 4.71. The first-order valence-corrected chi connectivity index (χ1v) is 8.89. The molecule has 0 bridgehead atoms. The number of rotatable bonds is 5. The third-order valence-electron chi connectivity index (χ3n) is 2.69. The van der Waals surface area contributed by atoms with Gasteiger partial charge in [0, 0.05) is 10.8 Å². The highest BCUT2D eigenvalue weighted by molar-refractivity contribution is 7.99. The van der Waals surface area contributed by atoms with E-state index in [2.05, 4.69) is 5.32 Å². The van der Waals surface area contributed by atoms with Crippen LogP contribution in [0.4, 0.5) is 5.69 Å². The Morgan fingerprint density at radius 3 is 2.41 bits per heavy atom. The minimum atomic E-state index is -0.130. The molecule has 1 amide bonds. The second kappa shape index (κ2) is 8.32. The molecule has 0 spiro atoms. The second-order valence-corrected chi connectivity index (χ2v) is 7.06. The van der Waals surface area contributed by atoms with Gasteiger partial charge in [0.15, 0.2) is 0 Å². The Hall–Kier alpha value is -0.580. The number of thioether (sulfide) groups is 1. The van der Waals surface area contributed by atoms with Crippen LogP contribution >= 0.6 is 58.2 Å². The lowest BCUT2D eigenvalue weighted by Gasteiger charge is -2.08. The summed E-state index contributed by atoms with van der Waals surface area (Å²) in [5.74, 6) is 0.840. The Labute approximate surface area is 153 Å². The van der Waals surface area contributed by atoms with Crippen molar-refractivity contribution in [1.82, 2.24) is 0 Å². The lowest BCUT2D eigenvalue weighted by molar-refractivity contribution is -0.113. The molecule has 0 fully saturated rings. The van der Waals surface area contributed by atoms with Crippen LogP contribution in [0.15, 0.2) is 36.4 Å². The highest BCUT2D eigenvalue weighted by Gasteiger charge is 2.07. The van der Waals surface area contributed by atoms with Gasteiger partial charge in [0.1, 0.15) is 0 Å². The molecule has 0 aliphatic rings. The van der Waals surface area contributed by atoms with E-state index < -0.39 is 0 Å². The molecule has 2 rings (SSSR count). The van der Waals surface area contributed by atoms with Crippen molar-refractivity contribution in [3.63, 3.8) is 0 Å². The number of halogens is 4. The molecule has 7 heteroatoms. The van der Waals surface area contributed by atoms with Gasteiger partial charge in [-0.3, -0.25) is 4.79 Å². The average Bonchev–Trinajstić information content (AvgIpc) is 2.46. The van der Waals surface area contributed by atoms with Crippen molar-refractivity contribution >= 4 is 69.8 Å². The van der Waals surface area contributed by atoms with Crippen LogP contribution in [0.3, 0.4) is 0 Å². The number of hydrogen-bond donors (Lipinski definition) is 1. The Bertz CT molecular complexity index is 693. The fourth-order valence-electron chi connectivity index (χ4n) is 1.67. The molecule has 0 saturated heterocycles. The Balaban J connectivity index is 1.83. The molecular weight excluding hydrogens is 384 g/mol. The van der Waals surface area contributed by atoms with Crippen LogP contribution in [0.2, 0.25) is 20.1 Å². The first-order valence-electron chi connectivity index (χ1n) is 6.22. The highest BCUT2D eigenvalue weighted by Crippen LogP contribution is 2.26. The minimum Gasteiger partial charge on any atom is -0.324 e. The highest BCUT2D eigenvalue weighted by atomic mass is 35.5. The van der Waals surface area contributed by atoms with Crippen molar-refractivity contribution in [2.24, 2.45) is 0 Å². The van der Waals surface area contributed by atoms with Crippen molar-refractivity contribution in [2.75, 3.05) is 11.1 Å². The molecule has 0 aromatic heterocycles. The average molecular weight is 395 g/mol. The zero-order valence-corrected chi connectivity index (χ0v) is 15.0. The Morgan fingerprint density at radius 2 is 1.73 bits per heavy atom. The largest absolute Gasteiger partial charge is 0.324 e. The predicted molar refractivity (Wildman–Crippen MR) is 97.7 cm³/mol. The molecule has 22 heavy (non-hydrogen) atoms. The van der Waals surface area contributed by atoms with Gasteiger partial charge in [0.2, 0.25) is 5.91 Å². The zero-order valence-electron chi connectivity index (χ0n) is 11.2. The van der Waals surface area contributed by atoms with E-state index in [1.807, 2.05) is 6.07 Å². The summed E-state index contributed by atoms with van der Waals surface area (Å²) in [4.78, 5) is 11.9. The van der Waals surface area contributed by atoms with E-state index >= 15 is 0 Å². The number of amides is 1. The van der Waals surface area contributed by atoms with Gasteiger partial charge in [0.05, 0.1) is 26.5 Å². The van der Waals surface area contributed by atoms with Crippen LogP contribution in [0, 0.1) is 0 Å². The first-order chi connectivity index (χ1) is 10.5. The number of carbonyl (C=O) groups is 1. The third kappa shape index (κ3) is 5.25. The van der Waals surface area contributed by atoms with Crippen molar-refractivity contribution in [3.05, 3.63) is 62.1 Å². The maximum absolute atomic E-state index is 11.9. The van der Waals surface area contributed by atoms with E-state index in [1.54, 1.807) is 30.3 Å². The van der Waals surface area contributed by atoms with E-state index in [9.17, 15) is 4.79 Å². The van der Waals surface area contributed by atoms with Gasteiger partial charge in [-0.05, 0) is 35.9 Å². The van der Waals surface area contributed by atoms with Gasteiger partial charge in [-0.25, -0.2) is 0 Å². The molecule has 0 saturated carbocycles.